The number of hydrogen-bond acceptors (Lipinski definition) is 4. The van der Waals surface area contributed by atoms with Crippen molar-refractivity contribution in [3.8, 4) is 0 Å². The maximum atomic E-state index is 13.3. The van der Waals surface area contributed by atoms with Crippen molar-refractivity contribution in [2.45, 2.75) is 12.0 Å². The van der Waals surface area contributed by atoms with Crippen LogP contribution in [0.2, 0.25) is 0 Å². The summed E-state index contributed by atoms with van der Waals surface area (Å²) >= 11 is 3.06. The predicted molar refractivity (Wildman–Crippen MR) is 63.2 cm³/mol. The maximum Gasteiger partial charge on any atom is 0.188 e. The molecule has 0 bridgehead atoms. The smallest absolute Gasteiger partial charge is 0.188 e. The van der Waals surface area contributed by atoms with E-state index in [1.165, 1.54) is 6.07 Å². The van der Waals surface area contributed by atoms with Crippen LogP contribution in [0.3, 0.4) is 0 Å². The zero-order valence-electron chi connectivity index (χ0n) is 8.86. The Bertz CT molecular complexity index is 460. The van der Waals surface area contributed by atoms with Crippen LogP contribution in [-0.4, -0.2) is 34.7 Å². The largest absolute Gasteiger partial charge is 0.392 e. The van der Waals surface area contributed by atoms with Crippen molar-refractivity contribution in [2.75, 3.05) is 13.2 Å². The number of aliphatic hydroxyl groups is 2. The Morgan fingerprint density at radius 1 is 1.41 bits per heavy atom. The average molecular weight is 304 g/mol. The molecule has 1 heterocycles. The van der Waals surface area contributed by atoms with E-state index in [0.717, 1.165) is 0 Å². The highest BCUT2D eigenvalue weighted by atomic mass is 79.9. The first kappa shape index (κ1) is 12.5. The lowest BCUT2D eigenvalue weighted by atomic mass is 9.96. The van der Waals surface area contributed by atoms with Gasteiger partial charge in [-0.15, -0.1) is 0 Å². The van der Waals surface area contributed by atoms with Crippen LogP contribution in [0.15, 0.2) is 27.8 Å². The third-order valence-corrected chi connectivity index (χ3v) is 3.31. The van der Waals surface area contributed by atoms with Crippen LogP contribution in [0, 0.1) is 5.82 Å². The van der Waals surface area contributed by atoms with Gasteiger partial charge in [0.25, 0.3) is 0 Å². The predicted octanol–water partition coefficient (Wildman–Crippen LogP) is 1.44. The van der Waals surface area contributed by atoms with Gasteiger partial charge in [-0.1, -0.05) is 11.2 Å². The first-order valence-corrected chi connectivity index (χ1v) is 5.82. The first-order chi connectivity index (χ1) is 8.10. The van der Waals surface area contributed by atoms with Gasteiger partial charge >= 0.3 is 0 Å². The second-order valence-electron chi connectivity index (χ2n) is 3.93. The highest BCUT2D eigenvalue weighted by molar-refractivity contribution is 9.10. The van der Waals surface area contributed by atoms with Crippen LogP contribution >= 0.6 is 15.9 Å². The highest BCUT2D eigenvalue weighted by Crippen LogP contribution is 2.27. The molecule has 6 heteroatoms. The zero-order valence-corrected chi connectivity index (χ0v) is 10.4. The average Bonchev–Trinajstić information content (AvgIpc) is 2.78. The van der Waals surface area contributed by atoms with Crippen molar-refractivity contribution >= 4 is 21.6 Å². The molecule has 0 saturated carbocycles. The van der Waals surface area contributed by atoms with Gasteiger partial charge in [-0.25, -0.2) is 4.39 Å². The minimum Gasteiger partial charge on any atom is -0.392 e. The van der Waals surface area contributed by atoms with E-state index in [4.69, 9.17) is 15.1 Å². The molecular formula is C11H11BrFNO3. The molecule has 0 saturated heterocycles. The number of aliphatic hydroxyl groups excluding tert-OH is 2. The Balaban J connectivity index is 2.23. The molecule has 2 N–H and O–H groups in total. The third-order valence-electron chi connectivity index (χ3n) is 2.67. The zero-order chi connectivity index (χ0) is 12.5. The Labute approximate surface area is 106 Å². The van der Waals surface area contributed by atoms with Gasteiger partial charge in [0.2, 0.25) is 0 Å². The Hall–Kier alpha value is -0.980. The van der Waals surface area contributed by atoms with Crippen LogP contribution in [0.5, 0.6) is 0 Å². The van der Waals surface area contributed by atoms with Crippen molar-refractivity contribution in [2.24, 2.45) is 5.16 Å². The summed E-state index contributed by atoms with van der Waals surface area (Å²) in [6.45, 7) is -0.676. The molecule has 0 atom stereocenters. The number of hydrogen-bond donors (Lipinski definition) is 2. The Kier molecular flexibility index (Phi) is 3.46. The van der Waals surface area contributed by atoms with E-state index in [1.807, 2.05) is 0 Å². The fourth-order valence-electron chi connectivity index (χ4n) is 1.57. The van der Waals surface area contributed by atoms with Gasteiger partial charge < -0.3 is 15.1 Å². The van der Waals surface area contributed by atoms with Crippen LogP contribution in [0.25, 0.3) is 0 Å². The van der Waals surface area contributed by atoms with Crippen molar-refractivity contribution in [3.05, 3.63) is 34.1 Å². The quantitative estimate of drug-likeness (QED) is 0.888. The lowest BCUT2D eigenvalue weighted by Crippen LogP contribution is -2.37. The molecule has 1 aromatic rings. The highest BCUT2D eigenvalue weighted by Gasteiger charge is 2.38. The van der Waals surface area contributed by atoms with Gasteiger partial charge in [-0.2, -0.15) is 0 Å². The van der Waals surface area contributed by atoms with Crippen LogP contribution < -0.4 is 0 Å². The van der Waals surface area contributed by atoms with Gasteiger partial charge in [0, 0.05) is 12.0 Å². The standard InChI is InChI=1S/C11H11BrFNO3/c12-8-2-1-7(3-9(8)13)10-4-11(5-15,6-16)17-14-10/h1-3,15-16H,4-6H2. The second-order valence-corrected chi connectivity index (χ2v) is 4.79. The number of nitrogens with zero attached hydrogens (tertiary/aromatic N) is 1. The lowest BCUT2D eigenvalue weighted by Gasteiger charge is -2.20. The summed E-state index contributed by atoms with van der Waals surface area (Å²) in [4.78, 5) is 5.03. The first-order valence-electron chi connectivity index (χ1n) is 5.02. The number of rotatable bonds is 3. The minimum absolute atomic E-state index is 0.251. The van der Waals surface area contributed by atoms with Crippen molar-refractivity contribution < 1.29 is 19.4 Å². The topological polar surface area (TPSA) is 62.0 Å². The molecule has 4 nitrogen and oxygen atoms in total. The second kappa shape index (κ2) is 4.72. The van der Waals surface area contributed by atoms with E-state index in [0.29, 0.717) is 15.7 Å². The van der Waals surface area contributed by atoms with E-state index >= 15 is 0 Å². The number of oxime groups is 1. The summed E-state index contributed by atoms with van der Waals surface area (Å²) in [6.07, 6.45) is 0.251. The minimum atomic E-state index is -1.08. The van der Waals surface area contributed by atoms with E-state index < -0.39 is 11.4 Å². The lowest BCUT2D eigenvalue weighted by molar-refractivity contribution is -0.0878. The molecule has 0 aliphatic carbocycles. The molecular weight excluding hydrogens is 293 g/mol. The fourth-order valence-corrected chi connectivity index (χ4v) is 1.82. The molecule has 0 radical (unpaired) electrons. The molecule has 1 aliphatic rings. The number of halogens is 2. The summed E-state index contributed by atoms with van der Waals surface area (Å²) in [5.41, 5.74) is 0.00720. The summed E-state index contributed by atoms with van der Waals surface area (Å²) in [7, 11) is 0. The van der Waals surface area contributed by atoms with E-state index in [9.17, 15) is 4.39 Å². The summed E-state index contributed by atoms with van der Waals surface area (Å²) in [5.74, 6) is -0.393. The van der Waals surface area contributed by atoms with E-state index in [2.05, 4.69) is 21.1 Å². The molecule has 0 aromatic heterocycles. The van der Waals surface area contributed by atoms with Crippen molar-refractivity contribution in [3.63, 3.8) is 0 Å². The fraction of sp³-hybridized carbons (Fsp3) is 0.364. The molecule has 1 aliphatic heterocycles. The summed E-state index contributed by atoms with van der Waals surface area (Å²) in [5, 5.41) is 22.1. The summed E-state index contributed by atoms with van der Waals surface area (Å²) in [6, 6.07) is 4.60. The molecule has 92 valence electrons. The monoisotopic (exact) mass is 303 g/mol. The SMILES string of the molecule is OCC1(CO)CC(c2ccc(Br)c(F)c2)=NO1. The Morgan fingerprint density at radius 2 is 2.12 bits per heavy atom. The normalized spacial score (nSPS) is 17.8. The van der Waals surface area contributed by atoms with Crippen LogP contribution in [-0.2, 0) is 4.84 Å². The molecule has 2 rings (SSSR count). The maximum absolute atomic E-state index is 13.3. The Morgan fingerprint density at radius 3 is 2.65 bits per heavy atom. The number of benzene rings is 1. The van der Waals surface area contributed by atoms with Crippen LogP contribution in [0.1, 0.15) is 12.0 Å². The van der Waals surface area contributed by atoms with Gasteiger partial charge in [0.15, 0.2) is 5.60 Å². The summed E-state index contributed by atoms with van der Waals surface area (Å²) < 4.78 is 13.7. The molecule has 0 spiro atoms. The van der Waals surface area contributed by atoms with Gasteiger partial charge in [-0.3, -0.25) is 0 Å². The van der Waals surface area contributed by atoms with Crippen molar-refractivity contribution in [1.29, 1.82) is 0 Å². The molecule has 0 unspecified atom stereocenters. The molecule has 17 heavy (non-hydrogen) atoms. The third kappa shape index (κ3) is 2.34. The molecule has 1 aromatic carbocycles. The van der Waals surface area contributed by atoms with Crippen molar-refractivity contribution in [1.82, 2.24) is 0 Å². The van der Waals surface area contributed by atoms with Gasteiger partial charge in [-0.05, 0) is 28.1 Å². The van der Waals surface area contributed by atoms with E-state index in [-0.39, 0.29) is 19.6 Å². The van der Waals surface area contributed by atoms with Gasteiger partial charge in [0.05, 0.1) is 23.4 Å². The van der Waals surface area contributed by atoms with Crippen LogP contribution in [0.4, 0.5) is 4.39 Å². The molecule has 0 fully saturated rings. The van der Waals surface area contributed by atoms with Gasteiger partial charge in [0.1, 0.15) is 5.82 Å². The van der Waals surface area contributed by atoms with E-state index in [1.54, 1.807) is 12.1 Å². The molecule has 0 amide bonds.